The Bertz CT molecular complexity index is 611. The van der Waals surface area contributed by atoms with Crippen molar-refractivity contribution in [1.29, 1.82) is 0 Å². The molecule has 1 aromatic carbocycles. The van der Waals surface area contributed by atoms with Crippen molar-refractivity contribution in [2.75, 3.05) is 13.1 Å². The fraction of sp³-hybridized carbons (Fsp3) is 0.529. The van der Waals surface area contributed by atoms with Gasteiger partial charge in [-0.1, -0.05) is 18.2 Å². The van der Waals surface area contributed by atoms with Crippen LogP contribution in [0.2, 0.25) is 0 Å². The predicted molar refractivity (Wildman–Crippen MR) is 86.7 cm³/mol. The summed E-state index contributed by atoms with van der Waals surface area (Å²) >= 11 is 0. The topological polar surface area (TPSA) is 8.17 Å². The quantitative estimate of drug-likeness (QED) is 0.760. The molecule has 0 N–H and O–H groups in total. The van der Waals surface area contributed by atoms with Gasteiger partial charge in [-0.15, -0.1) is 12.4 Å². The van der Waals surface area contributed by atoms with E-state index in [2.05, 4.69) is 40.7 Å². The molecule has 1 unspecified atom stereocenters. The standard InChI is InChI=1S/C17H22N2.ClH/c1-13-14-7-2-3-8-15(14)19-12-6-9-16(17(13)19)18-10-4-5-11-18;/h2-3,7-8,16H,4-6,9-12H2,1H3;1H. The Morgan fingerprint density at radius 3 is 2.55 bits per heavy atom. The van der Waals surface area contributed by atoms with Crippen molar-refractivity contribution in [2.24, 2.45) is 0 Å². The molecule has 2 nitrogen and oxygen atoms in total. The zero-order chi connectivity index (χ0) is 12.8. The highest BCUT2D eigenvalue weighted by Crippen LogP contribution is 2.39. The van der Waals surface area contributed by atoms with Gasteiger partial charge in [0.25, 0.3) is 0 Å². The van der Waals surface area contributed by atoms with Gasteiger partial charge in [-0.05, 0) is 57.3 Å². The first kappa shape index (κ1) is 14.0. The van der Waals surface area contributed by atoms with Crippen molar-refractivity contribution in [3.05, 3.63) is 35.5 Å². The highest BCUT2D eigenvalue weighted by atomic mass is 35.5. The monoisotopic (exact) mass is 290 g/mol. The van der Waals surface area contributed by atoms with E-state index < -0.39 is 0 Å². The summed E-state index contributed by atoms with van der Waals surface area (Å²) in [6.45, 7) is 6.12. The molecule has 1 aromatic heterocycles. The van der Waals surface area contributed by atoms with Gasteiger partial charge < -0.3 is 4.57 Å². The van der Waals surface area contributed by atoms with Gasteiger partial charge in [0.05, 0.1) is 6.04 Å². The average Bonchev–Trinajstić information content (AvgIpc) is 3.08. The fourth-order valence-corrected chi connectivity index (χ4v) is 4.16. The first-order valence-electron chi connectivity index (χ1n) is 7.68. The van der Waals surface area contributed by atoms with Crippen LogP contribution in [0.15, 0.2) is 24.3 Å². The lowest BCUT2D eigenvalue weighted by atomic mass is 9.99. The number of hydrogen-bond acceptors (Lipinski definition) is 1. The van der Waals surface area contributed by atoms with E-state index in [1.807, 2.05) is 0 Å². The number of hydrogen-bond donors (Lipinski definition) is 0. The molecule has 108 valence electrons. The molecule has 0 radical (unpaired) electrons. The van der Waals surface area contributed by atoms with Crippen LogP contribution in [0.25, 0.3) is 10.9 Å². The second kappa shape index (κ2) is 5.42. The minimum Gasteiger partial charge on any atom is -0.343 e. The van der Waals surface area contributed by atoms with E-state index >= 15 is 0 Å². The molecule has 0 amide bonds. The maximum Gasteiger partial charge on any atom is 0.0504 e. The van der Waals surface area contributed by atoms with Crippen molar-refractivity contribution < 1.29 is 0 Å². The fourth-order valence-electron chi connectivity index (χ4n) is 4.16. The molecule has 2 aliphatic heterocycles. The maximum atomic E-state index is 2.72. The van der Waals surface area contributed by atoms with Crippen molar-refractivity contribution in [3.63, 3.8) is 0 Å². The molecule has 1 saturated heterocycles. The highest BCUT2D eigenvalue weighted by molar-refractivity contribution is 5.86. The third-order valence-corrected chi connectivity index (χ3v) is 5.03. The largest absolute Gasteiger partial charge is 0.343 e. The first-order valence-corrected chi connectivity index (χ1v) is 7.68. The van der Waals surface area contributed by atoms with Crippen LogP contribution in [-0.2, 0) is 6.54 Å². The summed E-state index contributed by atoms with van der Waals surface area (Å²) in [4.78, 5) is 2.72. The Labute approximate surface area is 127 Å². The van der Waals surface area contributed by atoms with Gasteiger partial charge >= 0.3 is 0 Å². The van der Waals surface area contributed by atoms with Crippen molar-refractivity contribution in [1.82, 2.24) is 9.47 Å². The van der Waals surface area contributed by atoms with Gasteiger partial charge in [-0.25, -0.2) is 0 Å². The number of para-hydroxylation sites is 1. The highest BCUT2D eigenvalue weighted by Gasteiger charge is 2.31. The van der Waals surface area contributed by atoms with Crippen LogP contribution < -0.4 is 0 Å². The van der Waals surface area contributed by atoms with Crippen LogP contribution in [0.3, 0.4) is 0 Å². The summed E-state index contributed by atoms with van der Waals surface area (Å²) in [6.07, 6.45) is 5.44. The van der Waals surface area contributed by atoms with E-state index in [1.165, 1.54) is 61.8 Å². The summed E-state index contributed by atoms with van der Waals surface area (Å²) < 4.78 is 2.59. The van der Waals surface area contributed by atoms with Gasteiger partial charge in [0.1, 0.15) is 0 Å². The van der Waals surface area contributed by atoms with E-state index in [1.54, 1.807) is 5.69 Å². The molecule has 0 aliphatic carbocycles. The van der Waals surface area contributed by atoms with Crippen LogP contribution in [-0.4, -0.2) is 22.6 Å². The van der Waals surface area contributed by atoms with Gasteiger partial charge in [-0.3, -0.25) is 4.90 Å². The van der Waals surface area contributed by atoms with Gasteiger partial charge in [0.15, 0.2) is 0 Å². The number of fused-ring (bicyclic) bond motifs is 3. The van der Waals surface area contributed by atoms with Crippen molar-refractivity contribution >= 4 is 23.3 Å². The zero-order valence-electron chi connectivity index (χ0n) is 12.1. The lowest BCUT2D eigenvalue weighted by Gasteiger charge is -2.33. The molecular formula is C17H23ClN2. The SMILES string of the molecule is Cc1c2n(c3ccccc13)CCCC2N1CCCC1.Cl. The number of benzene rings is 1. The molecule has 2 aliphatic rings. The summed E-state index contributed by atoms with van der Waals surface area (Å²) in [5.74, 6) is 0. The number of rotatable bonds is 1. The van der Waals surface area contributed by atoms with E-state index in [-0.39, 0.29) is 12.4 Å². The second-order valence-electron chi connectivity index (χ2n) is 6.08. The van der Waals surface area contributed by atoms with Crippen LogP contribution >= 0.6 is 12.4 Å². The van der Waals surface area contributed by atoms with E-state index in [9.17, 15) is 0 Å². The summed E-state index contributed by atoms with van der Waals surface area (Å²) in [7, 11) is 0. The van der Waals surface area contributed by atoms with Crippen LogP contribution in [0.1, 0.15) is 43.0 Å². The first-order chi connectivity index (χ1) is 9.36. The normalized spacial score (nSPS) is 22.8. The Hall–Kier alpha value is -0.990. The summed E-state index contributed by atoms with van der Waals surface area (Å²) in [5, 5.41) is 1.46. The van der Waals surface area contributed by atoms with Crippen LogP contribution in [0.4, 0.5) is 0 Å². The van der Waals surface area contributed by atoms with Gasteiger partial charge in [0.2, 0.25) is 0 Å². The Morgan fingerprint density at radius 1 is 1.00 bits per heavy atom. The third kappa shape index (κ3) is 1.97. The van der Waals surface area contributed by atoms with Crippen LogP contribution in [0.5, 0.6) is 0 Å². The summed E-state index contributed by atoms with van der Waals surface area (Å²) in [5.41, 5.74) is 4.57. The van der Waals surface area contributed by atoms with Gasteiger partial charge in [0, 0.05) is 23.1 Å². The molecule has 4 rings (SSSR count). The third-order valence-electron chi connectivity index (χ3n) is 5.03. The van der Waals surface area contributed by atoms with E-state index in [4.69, 9.17) is 0 Å². The Morgan fingerprint density at radius 2 is 1.75 bits per heavy atom. The second-order valence-corrected chi connectivity index (χ2v) is 6.08. The molecule has 3 heterocycles. The molecule has 0 saturated carbocycles. The maximum absolute atomic E-state index is 2.72. The minimum atomic E-state index is 0. The molecule has 1 atom stereocenters. The van der Waals surface area contributed by atoms with Crippen LogP contribution in [0, 0.1) is 6.92 Å². The number of likely N-dealkylation sites (tertiary alicyclic amines) is 1. The smallest absolute Gasteiger partial charge is 0.0504 e. The van der Waals surface area contributed by atoms with Crippen molar-refractivity contribution in [2.45, 2.75) is 45.2 Å². The molecule has 0 bridgehead atoms. The molecule has 0 spiro atoms. The van der Waals surface area contributed by atoms with E-state index in [0.717, 1.165) is 0 Å². The Balaban J connectivity index is 0.00000121. The molecule has 20 heavy (non-hydrogen) atoms. The minimum absolute atomic E-state index is 0. The molecule has 2 aromatic rings. The van der Waals surface area contributed by atoms with E-state index in [0.29, 0.717) is 6.04 Å². The lowest BCUT2D eigenvalue weighted by Crippen LogP contribution is -2.31. The number of aryl methyl sites for hydroxylation is 2. The predicted octanol–water partition coefficient (Wildman–Crippen LogP) is 4.30. The Kier molecular flexibility index (Phi) is 3.78. The van der Waals surface area contributed by atoms with Crippen molar-refractivity contribution in [3.8, 4) is 0 Å². The number of halogens is 1. The average molecular weight is 291 g/mol. The number of nitrogens with zero attached hydrogens (tertiary/aromatic N) is 2. The molecule has 1 fully saturated rings. The number of aromatic nitrogens is 1. The molecular weight excluding hydrogens is 268 g/mol. The molecule has 3 heteroatoms. The zero-order valence-corrected chi connectivity index (χ0v) is 13.0. The summed E-state index contributed by atoms with van der Waals surface area (Å²) in [6, 6.07) is 9.60. The lowest BCUT2D eigenvalue weighted by molar-refractivity contribution is 0.203. The van der Waals surface area contributed by atoms with Gasteiger partial charge in [-0.2, -0.15) is 0 Å².